The Balaban J connectivity index is 1.11. The van der Waals surface area contributed by atoms with Crippen LogP contribution in [-0.4, -0.2) is 70.6 Å². The number of likely N-dealkylation sites (tertiary alicyclic amines) is 2. The molecule has 3 heterocycles. The first kappa shape index (κ1) is 41.5. The molecular formula is C48H50N4O8. The number of carbonyl (C=O) groups is 4. The van der Waals surface area contributed by atoms with Gasteiger partial charge in [0.15, 0.2) is 6.04 Å². The average molecular weight is 811 g/mol. The molecule has 4 amide bonds. The van der Waals surface area contributed by atoms with Crippen LogP contribution in [0.25, 0.3) is 0 Å². The summed E-state index contributed by atoms with van der Waals surface area (Å²) < 4.78 is 22.9. The maximum Gasteiger partial charge on any atom is 0.416 e. The minimum atomic E-state index is -1.16. The molecular weight excluding hydrogens is 761 g/mol. The second-order valence-electron chi connectivity index (χ2n) is 16.0. The monoisotopic (exact) mass is 810 g/mol. The summed E-state index contributed by atoms with van der Waals surface area (Å²) in [6, 6.07) is 35.7. The lowest BCUT2D eigenvalue weighted by Crippen LogP contribution is -2.69. The summed E-state index contributed by atoms with van der Waals surface area (Å²) in [6.07, 6.45) is 2.63. The van der Waals surface area contributed by atoms with Gasteiger partial charge < -0.3 is 23.8 Å². The lowest BCUT2D eigenvalue weighted by molar-refractivity contribution is -0.171. The van der Waals surface area contributed by atoms with Gasteiger partial charge in [-0.25, -0.2) is 24.3 Å². The highest BCUT2D eigenvalue weighted by Gasteiger charge is 2.56. The third-order valence-electron chi connectivity index (χ3n) is 10.5. The van der Waals surface area contributed by atoms with Gasteiger partial charge in [0.1, 0.15) is 35.3 Å². The van der Waals surface area contributed by atoms with Gasteiger partial charge in [0.2, 0.25) is 5.91 Å². The Morgan fingerprint density at radius 3 is 2.23 bits per heavy atom. The summed E-state index contributed by atoms with van der Waals surface area (Å²) in [6.45, 7) is 6.31. The summed E-state index contributed by atoms with van der Waals surface area (Å²) in [5.41, 5.74) is 2.48. The number of β-lactam (4-membered cyclic amide) rings is 1. The van der Waals surface area contributed by atoms with E-state index in [1.807, 2.05) is 109 Å². The lowest BCUT2D eigenvalue weighted by atomic mass is 9.82. The Morgan fingerprint density at radius 2 is 1.52 bits per heavy atom. The molecule has 60 heavy (non-hydrogen) atoms. The van der Waals surface area contributed by atoms with E-state index in [-0.39, 0.29) is 25.5 Å². The standard InChI is InChI=1S/C48H50N4O8/c1-48(2,3)60-47(56)51(30-33-20-22-38(57-4)23-21-33)42-28-35(24-25-49-42)27-41-43(45(54)58-32-34-13-7-5-8-14-34)52(44(41)53)46(55)50-26-12-16-37(31-50)36-15-11-19-40(29-36)59-39-17-9-6-10-18-39/h5-11,13-15,17-25,28-29,37,41,43H,12,16,26-27,30-32H2,1-4H3/t37?,41-,43+/m1/s1. The number of urea groups is 1. The first-order chi connectivity index (χ1) is 29.0. The van der Waals surface area contributed by atoms with Crippen LogP contribution in [0.4, 0.5) is 15.4 Å². The number of amides is 4. The molecule has 0 N–H and O–H groups in total. The number of pyridine rings is 1. The number of hydrogen-bond donors (Lipinski definition) is 0. The normalized spacial score (nSPS) is 17.6. The quantitative estimate of drug-likeness (QED) is 0.0897. The van der Waals surface area contributed by atoms with Crippen LogP contribution in [0.15, 0.2) is 128 Å². The maximum atomic E-state index is 14.3. The Kier molecular flexibility index (Phi) is 12.8. The fourth-order valence-corrected chi connectivity index (χ4v) is 7.54. The molecule has 4 aromatic carbocycles. The van der Waals surface area contributed by atoms with Crippen LogP contribution in [0.2, 0.25) is 0 Å². The number of esters is 1. The summed E-state index contributed by atoms with van der Waals surface area (Å²) in [7, 11) is 1.58. The van der Waals surface area contributed by atoms with E-state index in [1.165, 1.54) is 4.90 Å². The third-order valence-corrected chi connectivity index (χ3v) is 10.5. The van der Waals surface area contributed by atoms with Crippen LogP contribution < -0.4 is 14.4 Å². The van der Waals surface area contributed by atoms with Gasteiger partial charge in [-0.1, -0.05) is 72.8 Å². The molecule has 0 aliphatic carbocycles. The van der Waals surface area contributed by atoms with Crippen LogP contribution in [0.5, 0.6) is 17.2 Å². The summed E-state index contributed by atoms with van der Waals surface area (Å²) in [5.74, 6) is 0.370. The van der Waals surface area contributed by atoms with E-state index in [1.54, 1.807) is 51.1 Å². The van der Waals surface area contributed by atoms with E-state index in [4.69, 9.17) is 18.9 Å². The number of benzene rings is 4. The third kappa shape index (κ3) is 10.1. The number of methoxy groups -OCH3 is 1. The lowest BCUT2D eigenvalue weighted by Gasteiger charge is -2.46. The van der Waals surface area contributed by atoms with Crippen molar-refractivity contribution in [3.05, 3.63) is 150 Å². The summed E-state index contributed by atoms with van der Waals surface area (Å²) >= 11 is 0. The zero-order chi connectivity index (χ0) is 42.2. The molecule has 12 heteroatoms. The number of anilines is 1. The number of imide groups is 1. The van der Waals surface area contributed by atoms with Crippen molar-refractivity contribution in [2.45, 2.75) is 70.7 Å². The molecule has 0 bridgehead atoms. The smallest absolute Gasteiger partial charge is 0.416 e. The zero-order valence-electron chi connectivity index (χ0n) is 34.4. The molecule has 0 radical (unpaired) electrons. The fourth-order valence-electron chi connectivity index (χ4n) is 7.54. The average Bonchev–Trinajstić information content (AvgIpc) is 3.26. The van der Waals surface area contributed by atoms with E-state index in [2.05, 4.69) is 4.98 Å². The predicted molar refractivity (Wildman–Crippen MR) is 226 cm³/mol. The van der Waals surface area contributed by atoms with Gasteiger partial charge in [0, 0.05) is 25.2 Å². The highest BCUT2D eigenvalue weighted by molar-refractivity contribution is 6.08. The molecule has 2 saturated heterocycles. The van der Waals surface area contributed by atoms with Crippen molar-refractivity contribution in [1.29, 1.82) is 0 Å². The Bertz CT molecular complexity index is 2280. The zero-order valence-corrected chi connectivity index (χ0v) is 34.4. The second-order valence-corrected chi connectivity index (χ2v) is 16.0. The van der Waals surface area contributed by atoms with Crippen LogP contribution in [-0.2, 0) is 38.6 Å². The Morgan fingerprint density at radius 1 is 0.800 bits per heavy atom. The van der Waals surface area contributed by atoms with Crippen molar-refractivity contribution >= 4 is 29.8 Å². The molecule has 5 aromatic rings. The highest BCUT2D eigenvalue weighted by atomic mass is 16.6. The molecule has 0 saturated carbocycles. The van der Waals surface area contributed by atoms with Gasteiger partial charge >= 0.3 is 18.1 Å². The Hall–Kier alpha value is -6.69. The number of para-hydroxylation sites is 1. The number of hydrogen-bond acceptors (Lipinski definition) is 9. The van der Waals surface area contributed by atoms with Crippen LogP contribution in [0, 0.1) is 5.92 Å². The molecule has 2 aliphatic rings. The number of piperidine rings is 1. The van der Waals surface area contributed by atoms with Gasteiger partial charge in [-0.3, -0.25) is 9.69 Å². The van der Waals surface area contributed by atoms with Gasteiger partial charge in [-0.15, -0.1) is 0 Å². The molecule has 2 aliphatic heterocycles. The number of nitrogens with zero attached hydrogens (tertiary/aromatic N) is 4. The van der Waals surface area contributed by atoms with Gasteiger partial charge in [0.25, 0.3) is 0 Å². The second kappa shape index (κ2) is 18.5. The van der Waals surface area contributed by atoms with Crippen molar-refractivity contribution in [3.63, 3.8) is 0 Å². The van der Waals surface area contributed by atoms with Gasteiger partial charge in [-0.2, -0.15) is 0 Å². The molecule has 310 valence electrons. The van der Waals surface area contributed by atoms with Gasteiger partial charge in [0.05, 0.1) is 19.6 Å². The maximum absolute atomic E-state index is 14.3. The van der Waals surface area contributed by atoms with Crippen LogP contribution in [0.1, 0.15) is 61.8 Å². The number of ether oxygens (including phenoxy) is 4. The molecule has 3 atom stereocenters. The number of rotatable bonds is 12. The molecule has 12 nitrogen and oxygen atoms in total. The first-order valence-corrected chi connectivity index (χ1v) is 20.2. The molecule has 0 spiro atoms. The van der Waals surface area contributed by atoms with E-state index < -0.39 is 41.6 Å². The number of aromatic nitrogens is 1. The van der Waals surface area contributed by atoms with Crippen molar-refractivity contribution in [2.75, 3.05) is 25.1 Å². The number of carbonyl (C=O) groups excluding carboxylic acids is 4. The minimum Gasteiger partial charge on any atom is -0.497 e. The molecule has 1 aromatic heterocycles. The molecule has 1 unspecified atom stereocenters. The summed E-state index contributed by atoms with van der Waals surface area (Å²) in [4.78, 5) is 64.7. The van der Waals surface area contributed by atoms with E-state index >= 15 is 0 Å². The largest absolute Gasteiger partial charge is 0.497 e. The molecule has 2 fully saturated rings. The first-order valence-electron chi connectivity index (χ1n) is 20.2. The van der Waals surface area contributed by atoms with E-state index in [9.17, 15) is 19.2 Å². The van der Waals surface area contributed by atoms with Gasteiger partial charge in [-0.05, 0) is 111 Å². The van der Waals surface area contributed by atoms with Crippen molar-refractivity contribution in [1.82, 2.24) is 14.8 Å². The van der Waals surface area contributed by atoms with E-state index in [0.29, 0.717) is 36.0 Å². The van der Waals surface area contributed by atoms with Crippen LogP contribution >= 0.6 is 0 Å². The SMILES string of the molecule is COc1ccc(CN(C(=O)OC(C)(C)C)c2cc(C[C@H]3C(=O)N(C(=O)N4CCCC(c5cccc(Oc6ccccc6)c5)C4)[C@@H]3C(=O)OCc3ccccc3)ccn2)cc1. The minimum absolute atomic E-state index is 0.00115. The Labute approximate surface area is 350 Å². The molecule has 7 rings (SSSR count). The van der Waals surface area contributed by atoms with Crippen molar-refractivity contribution in [3.8, 4) is 17.2 Å². The van der Waals surface area contributed by atoms with Crippen molar-refractivity contribution in [2.24, 2.45) is 5.92 Å². The fraction of sp³-hybridized carbons (Fsp3) is 0.312. The summed E-state index contributed by atoms with van der Waals surface area (Å²) in [5, 5.41) is 0. The van der Waals surface area contributed by atoms with Crippen LogP contribution in [0.3, 0.4) is 0 Å². The predicted octanol–water partition coefficient (Wildman–Crippen LogP) is 8.94. The highest BCUT2D eigenvalue weighted by Crippen LogP contribution is 2.36. The van der Waals surface area contributed by atoms with E-state index in [0.717, 1.165) is 40.2 Å². The topological polar surface area (TPSA) is 128 Å². The van der Waals surface area contributed by atoms with Crippen molar-refractivity contribution < 1.29 is 38.1 Å².